The Labute approximate surface area is 148 Å². The second-order valence-corrected chi connectivity index (χ2v) is 6.73. The number of aromatic amines is 2. The van der Waals surface area contributed by atoms with Crippen LogP contribution in [-0.2, 0) is 0 Å². The normalized spacial score (nSPS) is 18.1. The Morgan fingerprint density at radius 2 is 2.04 bits per heavy atom. The highest BCUT2D eigenvalue weighted by atomic mass is 19.1. The Bertz CT molecular complexity index is 1100. The number of H-pyrrole nitrogens is 2. The summed E-state index contributed by atoms with van der Waals surface area (Å²) in [6.45, 7) is 1.30. The monoisotopic (exact) mass is 353 g/mol. The van der Waals surface area contributed by atoms with Gasteiger partial charge in [0.25, 0.3) is 0 Å². The average Bonchev–Trinajstić information content (AvgIpc) is 3.24. The molecule has 1 aliphatic heterocycles. The molecule has 132 valence electrons. The summed E-state index contributed by atoms with van der Waals surface area (Å²) in [4.78, 5) is 9.96. The largest absolute Gasteiger partial charge is 0.369 e. The van der Waals surface area contributed by atoms with E-state index in [-0.39, 0.29) is 5.82 Å². The first-order valence-electron chi connectivity index (χ1n) is 8.70. The molecule has 3 heterocycles. The van der Waals surface area contributed by atoms with Gasteiger partial charge in [0.2, 0.25) is 0 Å². The summed E-state index contributed by atoms with van der Waals surface area (Å²) in [5.41, 5.74) is 3.96. The van der Waals surface area contributed by atoms with Crippen molar-refractivity contribution in [1.82, 2.24) is 20.2 Å². The zero-order valence-corrected chi connectivity index (χ0v) is 14.0. The smallest absolute Gasteiger partial charge is 0.159 e. The highest BCUT2D eigenvalue weighted by Gasteiger charge is 2.20. The molecule has 1 saturated heterocycles. The molecule has 26 heavy (non-hydrogen) atoms. The maximum absolute atomic E-state index is 13.7. The van der Waals surface area contributed by atoms with Crippen molar-refractivity contribution in [3.05, 3.63) is 42.2 Å². The van der Waals surface area contributed by atoms with Gasteiger partial charge in [-0.3, -0.25) is 5.10 Å². The Hall–Kier alpha value is -2.96. The van der Waals surface area contributed by atoms with Crippen LogP contribution in [0.15, 0.2) is 36.4 Å². The van der Waals surface area contributed by atoms with Crippen LogP contribution in [0.1, 0.15) is 12.8 Å². The first-order chi connectivity index (χ1) is 12.7. The fourth-order valence-electron chi connectivity index (χ4n) is 3.64. The third-order valence-electron chi connectivity index (χ3n) is 4.94. The molecule has 1 atom stereocenters. The van der Waals surface area contributed by atoms with Crippen molar-refractivity contribution >= 4 is 27.6 Å². The van der Waals surface area contributed by atoms with Gasteiger partial charge >= 0.3 is 0 Å². The van der Waals surface area contributed by atoms with Crippen molar-refractivity contribution in [2.45, 2.75) is 19.0 Å². The minimum Gasteiger partial charge on any atom is -0.369 e. The molecule has 0 spiro atoms. The second kappa shape index (κ2) is 5.79. The number of fused-ring (bicyclic) bond motifs is 2. The first-order valence-corrected chi connectivity index (χ1v) is 8.70. The van der Waals surface area contributed by atoms with Gasteiger partial charge < -0.3 is 9.88 Å². The quantitative estimate of drug-likeness (QED) is 0.568. The molecule has 1 aliphatic rings. The van der Waals surface area contributed by atoms with Crippen LogP contribution in [0.4, 0.5) is 14.5 Å². The predicted molar refractivity (Wildman–Crippen MR) is 97.5 cm³/mol. The van der Waals surface area contributed by atoms with E-state index in [1.807, 2.05) is 18.2 Å². The van der Waals surface area contributed by atoms with Crippen molar-refractivity contribution in [3.63, 3.8) is 0 Å². The molecule has 1 fully saturated rings. The standard InChI is InChI=1S/C19H17F2N5/c20-11-3-5-14-16(8-11)24-25-18(14)19-22-15-6-4-13(9-17(15)23-19)26-7-1-2-12(21)10-26/h3-6,8-9,12H,1-2,7,10H2,(H,22,23)(H,24,25). The fourth-order valence-corrected chi connectivity index (χ4v) is 3.64. The molecule has 2 N–H and O–H groups in total. The Balaban J connectivity index is 1.55. The second-order valence-electron chi connectivity index (χ2n) is 6.73. The van der Waals surface area contributed by atoms with Crippen LogP contribution < -0.4 is 4.90 Å². The number of benzene rings is 2. The highest BCUT2D eigenvalue weighted by molar-refractivity contribution is 5.93. The van der Waals surface area contributed by atoms with Gasteiger partial charge in [-0.1, -0.05) is 0 Å². The maximum atomic E-state index is 13.7. The Morgan fingerprint density at radius 3 is 2.92 bits per heavy atom. The molecule has 0 bridgehead atoms. The van der Waals surface area contributed by atoms with Crippen LogP contribution >= 0.6 is 0 Å². The lowest BCUT2D eigenvalue weighted by molar-refractivity contribution is 0.287. The van der Waals surface area contributed by atoms with Gasteiger partial charge in [-0.25, -0.2) is 13.8 Å². The number of anilines is 1. The van der Waals surface area contributed by atoms with Crippen molar-refractivity contribution < 1.29 is 8.78 Å². The van der Waals surface area contributed by atoms with Gasteiger partial charge in [0.1, 0.15) is 17.7 Å². The highest BCUT2D eigenvalue weighted by Crippen LogP contribution is 2.29. The lowest BCUT2D eigenvalue weighted by Gasteiger charge is -2.30. The lowest BCUT2D eigenvalue weighted by atomic mass is 10.1. The third-order valence-corrected chi connectivity index (χ3v) is 4.94. The number of aromatic nitrogens is 4. The van der Waals surface area contributed by atoms with Gasteiger partial charge in [0.15, 0.2) is 5.82 Å². The number of piperidine rings is 1. The Morgan fingerprint density at radius 1 is 1.12 bits per heavy atom. The molecule has 2 aromatic heterocycles. The summed E-state index contributed by atoms with van der Waals surface area (Å²) in [6, 6.07) is 10.4. The van der Waals surface area contributed by atoms with Crippen LogP contribution in [0.3, 0.4) is 0 Å². The molecule has 0 amide bonds. The van der Waals surface area contributed by atoms with Crippen molar-refractivity contribution in [1.29, 1.82) is 0 Å². The molecule has 1 unspecified atom stereocenters. The van der Waals surface area contributed by atoms with Gasteiger partial charge in [0.05, 0.1) is 16.6 Å². The molecule has 0 saturated carbocycles. The van der Waals surface area contributed by atoms with E-state index in [9.17, 15) is 8.78 Å². The lowest BCUT2D eigenvalue weighted by Crippen LogP contribution is -2.36. The van der Waals surface area contributed by atoms with Crippen LogP contribution in [0, 0.1) is 5.82 Å². The van der Waals surface area contributed by atoms with E-state index >= 15 is 0 Å². The number of hydrogen-bond donors (Lipinski definition) is 2. The summed E-state index contributed by atoms with van der Waals surface area (Å²) >= 11 is 0. The van der Waals surface area contributed by atoms with E-state index in [0.717, 1.165) is 35.1 Å². The molecular weight excluding hydrogens is 336 g/mol. The van der Waals surface area contributed by atoms with Crippen LogP contribution in [0.5, 0.6) is 0 Å². The third kappa shape index (κ3) is 2.51. The fraction of sp³-hybridized carbons (Fsp3) is 0.263. The maximum Gasteiger partial charge on any atom is 0.159 e. The first kappa shape index (κ1) is 15.3. The van der Waals surface area contributed by atoms with E-state index in [2.05, 4.69) is 25.1 Å². The molecule has 0 radical (unpaired) electrons. The summed E-state index contributed by atoms with van der Waals surface area (Å²) < 4.78 is 27.1. The summed E-state index contributed by atoms with van der Waals surface area (Å²) in [5, 5.41) is 7.93. The predicted octanol–water partition coefficient (Wildman–Crippen LogP) is 4.18. The minimum atomic E-state index is -0.771. The van der Waals surface area contributed by atoms with E-state index in [1.165, 1.54) is 12.1 Å². The van der Waals surface area contributed by atoms with E-state index in [4.69, 9.17) is 0 Å². The molecule has 5 nitrogen and oxygen atoms in total. The molecule has 0 aliphatic carbocycles. The summed E-state index contributed by atoms with van der Waals surface area (Å²) in [7, 11) is 0. The number of halogens is 2. The zero-order valence-electron chi connectivity index (χ0n) is 14.0. The molecule has 7 heteroatoms. The van der Waals surface area contributed by atoms with Crippen molar-refractivity contribution in [2.75, 3.05) is 18.0 Å². The van der Waals surface area contributed by atoms with Crippen molar-refractivity contribution in [2.24, 2.45) is 0 Å². The number of imidazole rings is 1. The van der Waals surface area contributed by atoms with Crippen molar-refractivity contribution in [3.8, 4) is 11.5 Å². The number of alkyl halides is 1. The molecular formula is C19H17F2N5. The number of rotatable bonds is 2. The number of hydrogen-bond acceptors (Lipinski definition) is 3. The molecule has 4 aromatic rings. The van der Waals surface area contributed by atoms with Crippen LogP contribution in [0.25, 0.3) is 33.5 Å². The van der Waals surface area contributed by atoms with Gasteiger partial charge in [-0.15, -0.1) is 0 Å². The van der Waals surface area contributed by atoms with E-state index in [0.29, 0.717) is 30.0 Å². The van der Waals surface area contributed by atoms with E-state index < -0.39 is 6.17 Å². The topological polar surface area (TPSA) is 60.6 Å². The minimum absolute atomic E-state index is 0.311. The number of nitrogens with zero attached hydrogens (tertiary/aromatic N) is 3. The summed E-state index contributed by atoms with van der Waals surface area (Å²) in [5.74, 6) is 0.312. The van der Waals surface area contributed by atoms with E-state index in [1.54, 1.807) is 6.07 Å². The molecule has 2 aromatic carbocycles. The zero-order chi connectivity index (χ0) is 17.7. The number of nitrogens with one attached hydrogen (secondary N) is 2. The molecule has 5 rings (SSSR count). The van der Waals surface area contributed by atoms with Crippen LogP contribution in [0.2, 0.25) is 0 Å². The summed E-state index contributed by atoms with van der Waals surface area (Å²) in [6.07, 6.45) is 0.732. The van der Waals surface area contributed by atoms with Gasteiger partial charge in [0, 0.05) is 24.2 Å². The Kier molecular flexibility index (Phi) is 3.41. The SMILES string of the molecule is Fc1ccc2c(-c3nc4ccc(N5CCCC(F)C5)cc4[nH]3)n[nH]c2c1. The van der Waals surface area contributed by atoms with Gasteiger partial charge in [-0.05, 0) is 49.2 Å². The average molecular weight is 353 g/mol. The van der Waals surface area contributed by atoms with Gasteiger partial charge in [-0.2, -0.15) is 5.10 Å². The van der Waals surface area contributed by atoms with Crippen LogP contribution in [-0.4, -0.2) is 39.4 Å².